The van der Waals surface area contributed by atoms with Gasteiger partial charge in [-0.25, -0.2) is 4.68 Å². The third kappa shape index (κ3) is 6.49. The summed E-state index contributed by atoms with van der Waals surface area (Å²) in [5.74, 6) is 6.01. The predicted molar refractivity (Wildman–Crippen MR) is 155 cm³/mol. The zero-order valence-electron chi connectivity index (χ0n) is 22.5. The molecular weight excluding hydrogens is 492 g/mol. The first kappa shape index (κ1) is 27.5. The van der Waals surface area contributed by atoms with E-state index < -0.39 is 5.91 Å². The number of benzene rings is 3. The van der Waals surface area contributed by atoms with Crippen LogP contribution in [0.4, 0.5) is 0 Å². The maximum atomic E-state index is 12.9. The Labute approximate surface area is 228 Å². The average molecular weight is 529 g/mol. The van der Waals surface area contributed by atoms with Crippen LogP contribution in [0.25, 0.3) is 27.7 Å². The molecule has 1 saturated carbocycles. The highest BCUT2D eigenvalue weighted by Gasteiger charge is 2.23. The van der Waals surface area contributed by atoms with Gasteiger partial charge in [0.25, 0.3) is 5.91 Å². The summed E-state index contributed by atoms with van der Waals surface area (Å²) in [5, 5.41) is 12.7. The molecule has 9 nitrogen and oxygen atoms in total. The Balaban J connectivity index is 0.000000519. The van der Waals surface area contributed by atoms with Gasteiger partial charge in [0, 0.05) is 5.39 Å². The molecule has 3 aromatic carbocycles. The zero-order chi connectivity index (χ0) is 27.6. The topological polar surface area (TPSA) is 130 Å². The van der Waals surface area contributed by atoms with Gasteiger partial charge in [0.2, 0.25) is 0 Å². The second-order valence-electron chi connectivity index (χ2n) is 9.29. The van der Waals surface area contributed by atoms with Gasteiger partial charge in [-0.05, 0) is 29.7 Å². The summed E-state index contributed by atoms with van der Waals surface area (Å²) in [5.41, 5.74) is 7.90. The second kappa shape index (κ2) is 13.3. The van der Waals surface area contributed by atoms with Crippen LogP contribution in [-0.2, 0) is 0 Å². The van der Waals surface area contributed by atoms with Gasteiger partial charge in [0.15, 0.2) is 5.69 Å². The summed E-state index contributed by atoms with van der Waals surface area (Å²) in [6.07, 6.45) is 9.00. The van der Waals surface area contributed by atoms with Gasteiger partial charge in [0.1, 0.15) is 17.3 Å². The number of rotatable bonds is 7. The fourth-order valence-electron chi connectivity index (χ4n) is 4.72. The SMILES string of the molecule is C1CCCCC1.COc1cccc(OC)c1-c1cc(C(=O)NC/C(N)=N/N)nn1-c1cccc2ccccc12. The second-order valence-corrected chi connectivity index (χ2v) is 9.29. The van der Waals surface area contributed by atoms with Gasteiger partial charge < -0.3 is 26.4 Å². The van der Waals surface area contributed by atoms with Crippen LogP contribution in [0.5, 0.6) is 11.5 Å². The molecule has 0 radical (unpaired) electrons. The van der Waals surface area contributed by atoms with E-state index in [0.717, 1.165) is 16.5 Å². The third-order valence-corrected chi connectivity index (χ3v) is 6.72. The van der Waals surface area contributed by atoms with E-state index >= 15 is 0 Å². The van der Waals surface area contributed by atoms with Crippen molar-refractivity contribution >= 4 is 22.5 Å². The molecule has 1 aromatic heterocycles. The van der Waals surface area contributed by atoms with Gasteiger partial charge in [-0.3, -0.25) is 4.79 Å². The number of carbonyl (C=O) groups excluding carboxylic acids is 1. The molecule has 0 atom stereocenters. The Bertz CT molecular complexity index is 1400. The molecule has 1 heterocycles. The van der Waals surface area contributed by atoms with Crippen LogP contribution in [-0.4, -0.2) is 42.3 Å². The van der Waals surface area contributed by atoms with Crippen molar-refractivity contribution in [3.8, 4) is 28.4 Å². The number of amides is 1. The first-order chi connectivity index (χ1) is 19.1. The van der Waals surface area contributed by atoms with Crippen LogP contribution >= 0.6 is 0 Å². The number of hydrogen-bond acceptors (Lipinski definition) is 6. The van der Waals surface area contributed by atoms with Crippen molar-refractivity contribution in [3.05, 3.63) is 72.4 Å². The maximum absolute atomic E-state index is 12.9. The fourth-order valence-corrected chi connectivity index (χ4v) is 4.72. The van der Waals surface area contributed by atoms with E-state index in [4.69, 9.17) is 21.1 Å². The quantitative estimate of drug-likeness (QED) is 0.134. The van der Waals surface area contributed by atoms with Crippen LogP contribution in [0.15, 0.2) is 71.8 Å². The number of fused-ring (bicyclic) bond motifs is 1. The molecule has 0 spiro atoms. The molecule has 5 N–H and O–H groups in total. The van der Waals surface area contributed by atoms with Gasteiger partial charge in [-0.15, -0.1) is 0 Å². The molecule has 5 rings (SSSR count). The smallest absolute Gasteiger partial charge is 0.272 e. The molecule has 1 amide bonds. The van der Waals surface area contributed by atoms with Crippen LogP contribution in [0, 0.1) is 0 Å². The van der Waals surface area contributed by atoms with Crippen LogP contribution in [0.3, 0.4) is 0 Å². The van der Waals surface area contributed by atoms with E-state index in [-0.39, 0.29) is 18.1 Å². The van der Waals surface area contributed by atoms with E-state index in [1.807, 2.05) is 60.7 Å². The number of carbonyl (C=O) groups is 1. The predicted octanol–water partition coefficient (Wildman–Crippen LogP) is 5.01. The largest absolute Gasteiger partial charge is 0.496 e. The third-order valence-electron chi connectivity index (χ3n) is 6.72. The van der Waals surface area contributed by atoms with Crippen LogP contribution < -0.4 is 26.4 Å². The van der Waals surface area contributed by atoms with E-state index in [9.17, 15) is 4.79 Å². The molecule has 1 aliphatic carbocycles. The van der Waals surface area contributed by atoms with Crippen molar-refractivity contribution < 1.29 is 14.3 Å². The molecule has 9 heteroatoms. The van der Waals surface area contributed by atoms with Crippen molar-refractivity contribution in [2.45, 2.75) is 38.5 Å². The van der Waals surface area contributed by atoms with Crippen molar-refractivity contribution in [2.75, 3.05) is 20.8 Å². The average Bonchev–Trinajstić information content (AvgIpc) is 3.45. The van der Waals surface area contributed by atoms with Crippen LogP contribution in [0.1, 0.15) is 49.0 Å². The number of hydrazone groups is 1. The number of hydrogen-bond donors (Lipinski definition) is 3. The minimum Gasteiger partial charge on any atom is -0.496 e. The van der Waals surface area contributed by atoms with E-state index in [1.54, 1.807) is 25.0 Å². The lowest BCUT2D eigenvalue weighted by molar-refractivity contribution is 0.0954. The number of ether oxygens (including phenoxy) is 2. The first-order valence-electron chi connectivity index (χ1n) is 13.2. The summed E-state index contributed by atoms with van der Waals surface area (Å²) in [7, 11) is 3.17. The standard InChI is InChI=1S/C24H24N6O3.C6H12/c1-32-20-11-6-12-21(33-2)23(20)19-13-17(24(31)27-14-22(25)28-26)29-30(19)18-10-5-8-15-7-3-4-9-16(15)18;1-2-4-6-5-3-1/h3-13H,14,26H2,1-2H3,(H2,25,28)(H,27,31);1-6H2. The molecule has 0 saturated heterocycles. The summed E-state index contributed by atoms with van der Waals surface area (Å²) in [6, 6.07) is 21.1. The van der Waals surface area contributed by atoms with E-state index in [1.165, 1.54) is 38.5 Å². The highest BCUT2D eigenvalue weighted by molar-refractivity contribution is 5.97. The van der Waals surface area contributed by atoms with Crippen molar-refractivity contribution in [1.29, 1.82) is 0 Å². The molecule has 0 bridgehead atoms. The number of nitrogens with zero attached hydrogens (tertiary/aromatic N) is 3. The molecule has 4 aromatic rings. The Morgan fingerprint density at radius 3 is 2.13 bits per heavy atom. The number of methoxy groups -OCH3 is 2. The molecule has 0 aliphatic heterocycles. The number of nitrogens with one attached hydrogen (secondary N) is 1. The van der Waals surface area contributed by atoms with Gasteiger partial charge in [-0.1, -0.05) is 81.0 Å². The number of amidine groups is 1. The molecule has 1 fully saturated rings. The lowest BCUT2D eigenvalue weighted by Crippen LogP contribution is -2.34. The fraction of sp³-hybridized carbons (Fsp3) is 0.300. The Kier molecular flexibility index (Phi) is 9.39. The first-order valence-corrected chi connectivity index (χ1v) is 13.2. The van der Waals surface area contributed by atoms with Crippen molar-refractivity contribution in [1.82, 2.24) is 15.1 Å². The highest BCUT2D eigenvalue weighted by atomic mass is 16.5. The van der Waals surface area contributed by atoms with E-state index in [0.29, 0.717) is 22.8 Å². The Hall–Kier alpha value is -4.53. The summed E-state index contributed by atoms with van der Waals surface area (Å²) >= 11 is 0. The number of nitrogens with two attached hydrogens (primary N) is 2. The minimum absolute atomic E-state index is 0.00374. The van der Waals surface area contributed by atoms with Gasteiger partial charge in [0.05, 0.1) is 37.7 Å². The lowest BCUT2D eigenvalue weighted by atomic mass is 10.0. The molecular formula is C30H36N6O3. The molecule has 1 aliphatic rings. The Morgan fingerprint density at radius 2 is 1.51 bits per heavy atom. The van der Waals surface area contributed by atoms with E-state index in [2.05, 4.69) is 15.5 Å². The zero-order valence-corrected chi connectivity index (χ0v) is 22.5. The number of aromatic nitrogens is 2. The van der Waals surface area contributed by atoms with Gasteiger partial charge in [-0.2, -0.15) is 10.2 Å². The van der Waals surface area contributed by atoms with Crippen molar-refractivity contribution in [2.24, 2.45) is 16.7 Å². The monoisotopic (exact) mass is 528 g/mol. The Morgan fingerprint density at radius 1 is 0.923 bits per heavy atom. The lowest BCUT2D eigenvalue weighted by Gasteiger charge is -2.15. The molecule has 204 valence electrons. The summed E-state index contributed by atoms with van der Waals surface area (Å²) < 4.78 is 13.0. The van der Waals surface area contributed by atoms with Crippen LogP contribution in [0.2, 0.25) is 0 Å². The summed E-state index contributed by atoms with van der Waals surface area (Å²) in [6.45, 7) is 0.00374. The maximum Gasteiger partial charge on any atom is 0.272 e. The van der Waals surface area contributed by atoms with Gasteiger partial charge >= 0.3 is 0 Å². The van der Waals surface area contributed by atoms with Crippen molar-refractivity contribution in [3.63, 3.8) is 0 Å². The normalized spacial score (nSPS) is 13.3. The summed E-state index contributed by atoms with van der Waals surface area (Å²) in [4.78, 5) is 12.9. The minimum atomic E-state index is -0.421. The highest BCUT2D eigenvalue weighted by Crippen LogP contribution is 2.40. The molecule has 39 heavy (non-hydrogen) atoms. The molecule has 0 unspecified atom stereocenters.